The Morgan fingerprint density at radius 2 is 1.80 bits per heavy atom. The fourth-order valence-electron chi connectivity index (χ4n) is 4.87. The van der Waals surface area contributed by atoms with E-state index in [2.05, 4.69) is 34.0 Å². The molecule has 3 fully saturated rings. The molecule has 1 spiro atoms. The first kappa shape index (κ1) is 19.0. The maximum atomic E-state index is 4.99. The molecule has 0 radical (unpaired) electrons. The molecule has 0 bridgehead atoms. The monoisotopic (exact) mass is 349 g/mol. The number of guanidine groups is 1. The quantitative estimate of drug-likeness (QED) is 0.623. The van der Waals surface area contributed by atoms with Gasteiger partial charge < -0.3 is 20.0 Å². The summed E-state index contributed by atoms with van der Waals surface area (Å²) in [5, 5.41) is 3.55. The van der Waals surface area contributed by atoms with Crippen molar-refractivity contribution in [2.24, 2.45) is 10.4 Å². The lowest BCUT2D eigenvalue weighted by Gasteiger charge is -2.33. The molecule has 144 valence electrons. The first-order valence-corrected chi connectivity index (χ1v) is 10.6. The van der Waals surface area contributed by atoms with Gasteiger partial charge in [-0.05, 0) is 58.2 Å². The lowest BCUT2D eigenvalue weighted by atomic mass is 9.73. The second-order valence-electron chi connectivity index (χ2n) is 8.47. The van der Waals surface area contributed by atoms with Crippen molar-refractivity contribution in [2.75, 3.05) is 66.0 Å². The largest absolute Gasteiger partial charge is 0.357 e. The van der Waals surface area contributed by atoms with Crippen LogP contribution in [-0.4, -0.2) is 86.6 Å². The summed E-state index contributed by atoms with van der Waals surface area (Å²) in [6.07, 6.45) is 9.84. The number of hydrogen-bond donors (Lipinski definition) is 1. The molecule has 2 aliphatic heterocycles. The highest BCUT2D eigenvalue weighted by Crippen LogP contribution is 2.43. The van der Waals surface area contributed by atoms with E-state index in [4.69, 9.17) is 4.99 Å². The Bertz CT molecular complexity index is 430. The number of hydrogen-bond acceptors (Lipinski definition) is 3. The lowest BCUT2D eigenvalue weighted by molar-refractivity contribution is 0.203. The highest BCUT2D eigenvalue weighted by molar-refractivity contribution is 5.80. The summed E-state index contributed by atoms with van der Waals surface area (Å²) in [6, 6.07) is 0. The Labute approximate surface area is 154 Å². The molecule has 25 heavy (non-hydrogen) atoms. The van der Waals surface area contributed by atoms with Crippen LogP contribution in [0.5, 0.6) is 0 Å². The van der Waals surface area contributed by atoms with E-state index in [9.17, 15) is 0 Å². The SMILES string of the molecule is CCNC(=NCCN1CCCN(C)CC1)N1CCC2(CCCCC2)C1. The van der Waals surface area contributed by atoms with Crippen LogP contribution in [0, 0.1) is 5.41 Å². The molecule has 2 heterocycles. The topological polar surface area (TPSA) is 34.1 Å². The van der Waals surface area contributed by atoms with Crippen molar-refractivity contribution in [2.45, 2.75) is 51.9 Å². The van der Waals surface area contributed by atoms with Gasteiger partial charge in [-0.1, -0.05) is 19.3 Å². The maximum Gasteiger partial charge on any atom is 0.193 e. The third-order valence-electron chi connectivity index (χ3n) is 6.48. The fraction of sp³-hybridized carbons (Fsp3) is 0.950. The van der Waals surface area contributed by atoms with Crippen LogP contribution in [0.2, 0.25) is 0 Å². The minimum atomic E-state index is 0.601. The maximum absolute atomic E-state index is 4.99. The van der Waals surface area contributed by atoms with Crippen LogP contribution < -0.4 is 5.32 Å². The molecule has 2 saturated heterocycles. The Morgan fingerprint density at radius 1 is 0.960 bits per heavy atom. The van der Waals surface area contributed by atoms with E-state index in [1.807, 2.05) is 0 Å². The van der Waals surface area contributed by atoms with Crippen molar-refractivity contribution in [3.63, 3.8) is 0 Å². The fourth-order valence-corrected chi connectivity index (χ4v) is 4.87. The molecular formula is C20H39N5. The van der Waals surface area contributed by atoms with Gasteiger partial charge in [0.1, 0.15) is 0 Å². The highest BCUT2D eigenvalue weighted by Gasteiger charge is 2.39. The molecule has 1 aliphatic carbocycles. The van der Waals surface area contributed by atoms with Gasteiger partial charge in [0.05, 0.1) is 6.54 Å². The summed E-state index contributed by atoms with van der Waals surface area (Å²) in [5.74, 6) is 1.16. The zero-order chi connectivity index (χ0) is 17.5. The average Bonchev–Trinajstić information content (AvgIpc) is 2.90. The number of likely N-dealkylation sites (tertiary alicyclic amines) is 1. The Balaban J connectivity index is 1.51. The molecule has 5 nitrogen and oxygen atoms in total. The summed E-state index contributed by atoms with van der Waals surface area (Å²) in [4.78, 5) is 12.6. The normalized spacial score (nSPS) is 26.2. The smallest absolute Gasteiger partial charge is 0.193 e. The molecule has 5 heteroatoms. The molecule has 3 rings (SSSR count). The average molecular weight is 350 g/mol. The van der Waals surface area contributed by atoms with E-state index in [0.717, 1.165) is 25.6 Å². The van der Waals surface area contributed by atoms with E-state index in [1.165, 1.54) is 84.2 Å². The molecule has 0 atom stereocenters. The van der Waals surface area contributed by atoms with E-state index < -0.39 is 0 Å². The van der Waals surface area contributed by atoms with Crippen LogP contribution >= 0.6 is 0 Å². The Morgan fingerprint density at radius 3 is 2.60 bits per heavy atom. The number of rotatable bonds is 4. The Kier molecular flexibility index (Phi) is 7.00. The predicted octanol–water partition coefficient (Wildman–Crippen LogP) is 2.25. The van der Waals surface area contributed by atoms with Crippen LogP contribution in [-0.2, 0) is 0 Å². The molecule has 1 N–H and O–H groups in total. The minimum Gasteiger partial charge on any atom is -0.357 e. The first-order chi connectivity index (χ1) is 12.2. The van der Waals surface area contributed by atoms with Crippen LogP contribution in [0.4, 0.5) is 0 Å². The van der Waals surface area contributed by atoms with Crippen molar-refractivity contribution < 1.29 is 0 Å². The van der Waals surface area contributed by atoms with Crippen molar-refractivity contribution in [3.8, 4) is 0 Å². The Hall–Kier alpha value is -0.810. The lowest BCUT2D eigenvalue weighted by Crippen LogP contribution is -2.42. The standard InChI is InChI=1S/C20H39N5/c1-3-21-19(22-11-15-24-13-7-12-23(2)16-17-24)25-14-10-20(18-25)8-5-4-6-9-20/h3-18H2,1-2H3,(H,21,22). The van der Waals surface area contributed by atoms with Crippen LogP contribution in [0.1, 0.15) is 51.9 Å². The first-order valence-electron chi connectivity index (χ1n) is 10.6. The summed E-state index contributed by atoms with van der Waals surface area (Å²) in [7, 11) is 2.24. The van der Waals surface area contributed by atoms with E-state index in [0.29, 0.717) is 5.41 Å². The third-order valence-corrected chi connectivity index (χ3v) is 6.48. The zero-order valence-corrected chi connectivity index (χ0v) is 16.6. The van der Waals surface area contributed by atoms with E-state index in [1.54, 1.807) is 0 Å². The van der Waals surface area contributed by atoms with Gasteiger partial charge in [-0.25, -0.2) is 0 Å². The van der Waals surface area contributed by atoms with Gasteiger partial charge in [0.15, 0.2) is 5.96 Å². The van der Waals surface area contributed by atoms with Crippen molar-refractivity contribution in [3.05, 3.63) is 0 Å². The molecule has 0 unspecified atom stereocenters. The van der Waals surface area contributed by atoms with Crippen molar-refractivity contribution in [1.82, 2.24) is 20.0 Å². The summed E-state index contributed by atoms with van der Waals surface area (Å²) >= 11 is 0. The van der Waals surface area contributed by atoms with Gasteiger partial charge in [-0.3, -0.25) is 4.99 Å². The molecule has 3 aliphatic rings. The molecule has 0 aromatic rings. The second kappa shape index (κ2) is 9.22. The molecule has 1 saturated carbocycles. The van der Waals surface area contributed by atoms with Gasteiger partial charge in [0.25, 0.3) is 0 Å². The van der Waals surface area contributed by atoms with Gasteiger partial charge in [-0.15, -0.1) is 0 Å². The third kappa shape index (κ3) is 5.33. The highest BCUT2D eigenvalue weighted by atomic mass is 15.3. The molecular weight excluding hydrogens is 310 g/mol. The van der Waals surface area contributed by atoms with Gasteiger partial charge in [0.2, 0.25) is 0 Å². The summed E-state index contributed by atoms with van der Waals surface area (Å²) in [6.45, 7) is 12.4. The van der Waals surface area contributed by atoms with Gasteiger partial charge in [-0.2, -0.15) is 0 Å². The number of aliphatic imine (C=N–C) groups is 1. The minimum absolute atomic E-state index is 0.601. The second-order valence-corrected chi connectivity index (χ2v) is 8.47. The van der Waals surface area contributed by atoms with Crippen LogP contribution in [0.3, 0.4) is 0 Å². The van der Waals surface area contributed by atoms with E-state index >= 15 is 0 Å². The van der Waals surface area contributed by atoms with Crippen LogP contribution in [0.25, 0.3) is 0 Å². The van der Waals surface area contributed by atoms with Crippen molar-refractivity contribution >= 4 is 5.96 Å². The van der Waals surface area contributed by atoms with Crippen LogP contribution in [0.15, 0.2) is 4.99 Å². The number of nitrogens with one attached hydrogen (secondary N) is 1. The van der Waals surface area contributed by atoms with Gasteiger partial charge >= 0.3 is 0 Å². The number of likely N-dealkylation sites (N-methyl/N-ethyl adjacent to an activating group) is 1. The van der Waals surface area contributed by atoms with Crippen molar-refractivity contribution in [1.29, 1.82) is 0 Å². The number of nitrogens with zero attached hydrogens (tertiary/aromatic N) is 4. The molecule has 0 aromatic heterocycles. The predicted molar refractivity (Wildman–Crippen MR) is 106 cm³/mol. The molecule has 0 aromatic carbocycles. The zero-order valence-electron chi connectivity index (χ0n) is 16.6. The van der Waals surface area contributed by atoms with E-state index in [-0.39, 0.29) is 0 Å². The van der Waals surface area contributed by atoms with Gasteiger partial charge in [0, 0.05) is 39.3 Å². The summed E-state index contributed by atoms with van der Waals surface area (Å²) in [5.41, 5.74) is 0.601. The molecule has 0 amide bonds. The summed E-state index contributed by atoms with van der Waals surface area (Å²) < 4.78 is 0.